The number of ether oxygens (including phenoxy) is 1. The van der Waals surface area contributed by atoms with Crippen LogP contribution in [0.3, 0.4) is 0 Å². The smallest absolute Gasteiger partial charge is 0.338 e. The van der Waals surface area contributed by atoms with Gasteiger partial charge in [0.05, 0.1) is 10.6 Å². The van der Waals surface area contributed by atoms with Gasteiger partial charge in [-0.25, -0.2) is 19.7 Å². The molecule has 41 heavy (non-hydrogen) atoms. The van der Waals surface area contributed by atoms with E-state index in [0.29, 0.717) is 11.3 Å². The van der Waals surface area contributed by atoms with Crippen molar-refractivity contribution in [2.45, 2.75) is 20.8 Å². The molecule has 0 saturated heterocycles. The SMILES string of the molecule is C=C(C)C(=O)Oc1ccc(-c2nc(-c3nc(-c4ccccc4)sc3C)c(-c3nc(-c4ccccc4)sc3C)s2)cc1. The zero-order valence-corrected chi connectivity index (χ0v) is 25.1. The van der Waals surface area contributed by atoms with E-state index in [9.17, 15) is 4.79 Å². The molecule has 0 amide bonds. The molecule has 202 valence electrons. The van der Waals surface area contributed by atoms with Gasteiger partial charge in [0.15, 0.2) is 0 Å². The number of carbonyl (C=O) groups is 1. The molecule has 3 aromatic carbocycles. The minimum atomic E-state index is -0.446. The van der Waals surface area contributed by atoms with Gasteiger partial charge < -0.3 is 4.74 Å². The van der Waals surface area contributed by atoms with Gasteiger partial charge in [0.1, 0.15) is 32.2 Å². The van der Waals surface area contributed by atoms with Crippen LogP contribution in [0.4, 0.5) is 0 Å². The third-order valence-electron chi connectivity index (χ3n) is 6.36. The molecular weight excluding hydrogens is 567 g/mol. The normalized spacial score (nSPS) is 11.0. The standard InChI is InChI=1S/C33H25N3O2S3/c1-19(2)33(37)38-25-17-15-24(16-18-25)32-36-28(26-20(3)39-30(34-26)22-11-7-5-8-12-22)29(41-32)27-21(4)40-31(35-27)23-13-9-6-10-14-23/h5-18H,1H2,2-4H3. The predicted molar refractivity (Wildman–Crippen MR) is 171 cm³/mol. The number of esters is 1. The van der Waals surface area contributed by atoms with E-state index in [1.54, 1.807) is 53.1 Å². The lowest BCUT2D eigenvalue weighted by Crippen LogP contribution is -2.07. The summed E-state index contributed by atoms with van der Waals surface area (Å²) in [5, 5.41) is 2.78. The topological polar surface area (TPSA) is 65.0 Å². The van der Waals surface area contributed by atoms with Gasteiger partial charge in [-0.05, 0) is 45.0 Å². The molecule has 0 saturated carbocycles. The first-order chi connectivity index (χ1) is 19.9. The van der Waals surface area contributed by atoms with Crippen LogP contribution in [-0.2, 0) is 4.79 Å². The Kier molecular flexibility index (Phi) is 7.45. The van der Waals surface area contributed by atoms with Crippen molar-refractivity contribution in [1.29, 1.82) is 0 Å². The fourth-order valence-corrected chi connectivity index (χ4v) is 7.28. The van der Waals surface area contributed by atoms with Crippen molar-refractivity contribution in [2.75, 3.05) is 0 Å². The second kappa shape index (κ2) is 11.3. The Bertz CT molecular complexity index is 1770. The molecule has 6 rings (SSSR count). The van der Waals surface area contributed by atoms with Crippen LogP contribution in [0.1, 0.15) is 16.7 Å². The number of aromatic nitrogens is 3. The molecule has 3 heterocycles. The number of rotatable bonds is 7. The summed E-state index contributed by atoms with van der Waals surface area (Å²) in [6.07, 6.45) is 0. The van der Waals surface area contributed by atoms with E-state index in [4.69, 9.17) is 19.7 Å². The highest BCUT2D eigenvalue weighted by Gasteiger charge is 2.24. The van der Waals surface area contributed by atoms with E-state index < -0.39 is 5.97 Å². The summed E-state index contributed by atoms with van der Waals surface area (Å²) < 4.78 is 5.38. The molecule has 0 unspecified atom stereocenters. The maximum Gasteiger partial charge on any atom is 0.338 e. The van der Waals surface area contributed by atoms with Gasteiger partial charge in [-0.3, -0.25) is 0 Å². The van der Waals surface area contributed by atoms with Gasteiger partial charge in [0, 0.05) is 32.0 Å². The molecule has 0 aliphatic rings. The summed E-state index contributed by atoms with van der Waals surface area (Å²) >= 11 is 4.95. The maximum atomic E-state index is 12.0. The minimum Gasteiger partial charge on any atom is -0.423 e. The van der Waals surface area contributed by atoms with E-state index >= 15 is 0 Å². The zero-order chi connectivity index (χ0) is 28.5. The molecular formula is C33H25N3O2S3. The third kappa shape index (κ3) is 5.54. The van der Waals surface area contributed by atoms with Crippen molar-refractivity contribution in [3.8, 4) is 59.4 Å². The zero-order valence-electron chi connectivity index (χ0n) is 22.7. The first kappa shape index (κ1) is 27.0. The average molecular weight is 592 g/mol. The summed E-state index contributed by atoms with van der Waals surface area (Å²) in [5.41, 5.74) is 6.07. The average Bonchev–Trinajstić information content (AvgIpc) is 3.70. The monoisotopic (exact) mass is 591 g/mol. The van der Waals surface area contributed by atoms with Gasteiger partial charge in [0.2, 0.25) is 0 Å². The number of benzene rings is 3. The quantitative estimate of drug-likeness (QED) is 0.105. The lowest BCUT2D eigenvalue weighted by atomic mass is 10.2. The predicted octanol–water partition coefficient (Wildman–Crippen LogP) is 9.49. The summed E-state index contributed by atoms with van der Waals surface area (Å²) in [6, 6.07) is 27.8. The highest BCUT2D eigenvalue weighted by molar-refractivity contribution is 7.20. The maximum absolute atomic E-state index is 12.0. The third-order valence-corrected chi connectivity index (χ3v) is 9.51. The number of hydrogen-bond acceptors (Lipinski definition) is 8. The minimum absolute atomic E-state index is 0.352. The largest absolute Gasteiger partial charge is 0.423 e. The molecule has 6 aromatic rings. The summed E-state index contributed by atoms with van der Waals surface area (Å²) in [5.74, 6) is 0.0162. The number of hydrogen-bond donors (Lipinski definition) is 0. The van der Waals surface area contributed by atoms with Crippen LogP contribution in [-0.4, -0.2) is 20.9 Å². The van der Waals surface area contributed by atoms with Crippen molar-refractivity contribution < 1.29 is 9.53 Å². The number of thiazole rings is 3. The van der Waals surface area contributed by atoms with E-state index in [-0.39, 0.29) is 0 Å². The summed E-state index contributed by atoms with van der Waals surface area (Å²) in [7, 11) is 0. The lowest BCUT2D eigenvalue weighted by Gasteiger charge is -2.04. The highest BCUT2D eigenvalue weighted by atomic mass is 32.1. The Morgan fingerprint density at radius 2 is 1.10 bits per heavy atom. The molecule has 0 N–H and O–H groups in total. The van der Waals surface area contributed by atoms with E-state index in [0.717, 1.165) is 63.4 Å². The molecule has 0 atom stereocenters. The van der Waals surface area contributed by atoms with Gasteiger partial charge in [0.25, 0.3) is 0 Å². The fraction of sp³-hybridized carbons (Fsp3) is 0.0909. The van der Waals surface area contributed by atoms with Crippen LogP contribution in [0.5, 0.6) is 5.75 Å². The van der Waals surface area contributed by atoms with Crippen LogP contribution in [0.25, 0.3) is 53.7 Å². The van der Waals surface area contributed by atoms with Gasteiger partial charge in [-0.1, -0.05) is 67.2 Å². The Morgan fingerprint density at radius 3 is 1.66 bits per heavy atom. The number of nitrogens with zero attached hydrogens (tertiary/aromatic N) is 3. The van der Waals surface area contributed by atoms with Gasteiger partial charge >= 0.3 is 5.97 Å². The van der Waals surface area contributed by atoms with Crippen molar-refractivity contribution >= 4 is 40.0 Å². The first-order valence-corrected chi connectivity index (χ1v) is 15.4. The van der Waals surface area contributed by atoms with Crippen LogP contribution < -0.4 is 4.74 Å². The van der Waals surface area contributed by atoms with Gasteiger partial charge in [-0.2, -0.15) is 0 Å². The van der Waals surface area contributed by atoms with Gasteiger partial charge in [-0.15, -0.1) is 34.0 Å². The molecule has 5 nitrogen and oxygen atoms in total. The Balaban J connectivity index is 1.46. The molecule has 0 radical (unpaired) electrons. The molecule has 0 aliphatic carbocycles. The Morgan fingerprint density at radius 1 is 0.634 bits per heavy atom. The second-order valence-electron chi connectivity index (χ2n) is 9.47. The number of carbonyl (C=O) groups excluding carboxylic acids is 1. The molecule has 0 spiro atoms. The van der Waals surface area contributed by atoms with Crippen LogP contribution in [0.15, 0.2) is 97.1 Å². The summed E-state index contributed by atoms with van der Waals surface area (Å²) in [6.45, 7) is 9.48. The van der Waals surface area contributed by atoms with Crippen LogP contribution >= 0.6 is 34.0 Å². The van der Waals surface area contributed by atoms with E-state index in [1.807, 2.05) is 48.5 Å². The van der Waals surface area contributed by atoms with Crippen LogP contribution in [0.2, 0.25) is 0 Å². The van der Waals surface area contributed by atoms with E-state index in [2.05, 4.69) is 44.7 Å². The second-order valence-corrected chi connectivity index (χ2v) is 12.9. The van der Waals surface area contributed by atoms with E-state index in [1.165, 1.54) is 0 Å². The molecule has 3 aromatic heterocycles. The van der Waals surface area contributed by atoms with Crippen molar-refractivity contribution in [2.24, 2.45) is 0 Å². The first-order valence-electron chi connectivity index (χ1n) is 12.9. The highest BCUT2D eigenvalue weighted by Crippen LogP contribution is 2.45. The molecule has 0 aliphatic heterocycles. The number of aryl methyl sites for hydroxylation is 2. The lowest BCUT2D eigenvalue weighted by molar-refractivity contribution is -0.130. The Hall–Kier alpha value is -4.24. The summed E-state index contributed by atoms with van der Waals surface area (Å²) in [4.78, 5) is 30.5. The fourth-order valence-electron chi connectivity index (χ4n) is 4.26. The molecule has 0 fully saturated rings. The van der Waals surface area contributed by atoms with Crippen molar-refractivity contribution in [1.82, 2.24) is 15.0 Å². The molecule has 0 bridgehead atoms. The van der Waals surface area contributed by atoms with Crippen molar-refractivity contribution in [3.63, 3.8) is 0 Å². The molecule has 8 heteroatoms. The Labute approximate surface area is 250 Å². The van der Waals surface area contributed by atoms with Crippen LogP contribution in [0, 0.1) is 13.8 Å². The van der Waals surface area contributed by atoms with Crippen molar-refractivity contribution in [3.05, 3.63) is 107 Å².